The molecule has 27 heavy (non-hydrogen) atoms. The molecule has 1 saturated heterocycles. The number of hydrogen-bond acceptors (Lipinski definition) is 5. The molecule has 0 radical (unpaired) electrons. The Balaban J connectivity index is 1.62. The summed E-state index contributed by atoms with van der Waals surface area (Å²) in [5.41, 5.74) is 7.54. The van der Waals surface area contributed by atoms with Crippen molar-refractivity contribution in [3.63, 3.8) is 0 Å². The Hall–Kier alpha value is -3.55. The third-order valence-corrected chi connectivity index (χ3v) is 4.13. The van der Waals surface area contributed by atoms with Gasteiger partial charge in [-0.05, 0) is 49.4 Å². The molecule has 8 nitrogen and oxygen atoms in total. The number of anilines is 3. The molecule has 0 aliphatic carbocycles. The summed E-state index contributed by atoms with van der Waals surface area (Å²) in [4.78, 5) is 36.7. The molecule has 1 aliphatic rings. The van der Waals surface area contributed by atoms with Crippen LogP contribution in [0.3, 0.4) is 0 Å². The first-order chi connectivity index (χ1) is 12.9. The van der Waals surface area contributed by atoms with Gasteiger partial charge in [0.05, 0.1) is 6.54 Å². The lowest BCUT2D eigenvalue weighted by atomic mass is 10.2. The number of nitrogens with two attached hydrogens (primary N) is 1. The fourth-order valence-corrected chi connectivity index (χ4v) is 2.68. The van der Waals surface area contributed by atoms with Crippen molar-refractivity contribution in [1.82, 2.24) is 0 Å². The highest BCUT2D eigenvalue weighted by atomic mass is 16.6. The quantitative estimate of drug-likeness (QED) is 0.723. The van der Waals surface area contributed by atoms with Gasteiger partial charge in [-0.3, -0.25) is 14.5 Å². The minimum absolute atomic E-state index is 0.243. The van der Waals surface area contributed by atoms with Crippen molar-refractivity contribution in [3.8, 4) is 0 Å². The number of cyclic esters (lactones) is 1. The fourth-order valence-electron chi connectivity index (χ4n) is 2.68. The second-order valence-electron chi connectivity index (χ2n) is 6.11. The monoisotopic (exact) mass is 368 g/mol. The van der Waals surface area contributed by atoms with Crippen LogP contribution in [0.1, 0.15) is 17.3 Å². The SMILES string of the molecule is C[C@H](Nc1cccc(N2CCOC2=O)c1)C(=O)Nc1ccc(C(N)=O)cc1. The molecule has 0 saturated carbocycles. The fraction of sp³-hybridized carbons (Fsp3) is 0.211. The molecule has 1 aliphatic heterocycles. The van der Waals surface area contributed by atoms with E-state index in [4.69, 9.17) is 10.5 Å². The van der Waals surface area contributed by atoms with Crippen molar-refractivity contribution in [2.75, 3.05) is 28.7 Å². The van der Waals surface area contributed by atoms with Crippen molar-refractivity contribution in [1.29, 1.82) is 0 Å². The van der Waals surface area contributed by atoms with E-state index in [0.717, 1.165) is 0 Å². The molecule has 0 spiro atoms. The molecule has 1 atom stereocenters. The van der Waals surface area contributed by atoms with E-state index in [0.29, 0.717) is 35.8 Å². The van der Waals surface area contributed by atoms with Gasteiger partial charge in [-0.1, -0.05) is 6.07 Å². The maximum atomic E-state index is 12.4. The molecular weight excluding hydrogens is 348 g/mol. The summed E-state index contributed by atoms with van der Waals surface area (Å²) in [6, 6.07) is 13.0. The van der Waals surface area contributed by atoms with Gasteiger partial charge in [0.2, 0.25) is 11.8 Å². The van der Waals surface area contributed by atoms with E-state index in [9.17, 15) is 14.4 Å². The lowest BCUT2D eigenvalue weighted by molar-refractivity contribution is -0.116. The maximum Gasteiger partial charge on any atom is 0.414 e. The molecule has 0 unspecified atom stereocenters. The Kier molecular flexibility index (Phi) is 5.25. The molecule has 0 aromatic heterocycles. The first-order valence-electron chi connectivity index (χ1n) is 8.45. The number of carbonyl (C=O) groups is 3. The number of nitrogens with one attached hydrogen (secondary N) is 2. The van der Waals surface area contributed by atoms with Crippen LogP contribution < -0.4 is 21.3 Å². The molecule has 4 N–H and O–H groups in total. The Bertz CT molecular complexity index is 866. The summed E-state index contributed by atoms with van der Waals surface area (Å²) in [5.74, 6) is -0.766. The minimum Gasteiger partial charge on any atom is -0.447 e. The van der Waals surface area contributed by atoms with Crippen LogP contribution in [0.5, 0.6) is 0 Å². The van der Waals surface area contributed by atoms with E-state index in [1.807, 2.05) is 12.1 Å². The molecule has 1 fully saturated rings. The van der Waals surface area contributed by atoms with Gasteiger partial charge < -0.3 is 21.1 Å². The molecule has 2 aromatic rings. The predicted molar refractivity (Wildman–Crippen MR) is 102 cm³/mol. The van der Waals surface area contributed by atoms with Crippen LogP contribution in [-0.4, -0.2) is 37.1 Å². The molecule has 1 heterocycles. The minimum atomic E-state index is -0.526. The van der Waals surface area contributed by atoms with E-state index in [1.165, 1.54) is 4.90 Å². The standard InChI is InChI=1S/C19H20N4O4/c1-12(18(25)22-14-7-5-13(6-8-14)17(20)24)21-15-3-2-4-16(11-15)23-9-10-27-19(23)26/h2-8,11-12,21H,9-10H2,1H3,(H2,20,24)(H,22,25)/t12-/m0/s1. The van der Waals surface area contributed by atoms with Gasteiger partial charge in [0, 0.05) is 22.6 Å². The normalized spacial score (nSPS) is 14.4. The van der Waals surface area contributed by atoms with Crippen LogP contribution in [0.4, 0.5) is 21.9 Å². The largest absolute Gasteiger partial charge is 0.447 e. The van der Waals surface area contributed by atoms with Crippen molar-refractivity contribution >= 4 is 35.0 Å². The number of primary amides is 1. The van der Waals surface area contributed by atoms with Gasteiger partial charge in [0.15, 0.2) is 0 Å². The molecule has 8 heteroatoms. The maximum absolute atomic E-state index is 12.4. The molecule has 3 rings (SSSR count). The lowest BCUT2D eigenvalue weighted by Crippen LogP contribution is -2.32. The zero-order valence-corrected chi connectivity index (χ0v) is 14.8. The second-order valence-corrected chi connectivity index (χ2v) is 6.11. The molecule has 140 valence electrons. The number of carbonyl (C=O) groups excluding carboxylic acids is 3. The third-order valence-electron chi connectivity index (χ3n) is 4.13. The smallest absolute Gasteiger partial charge is 0.414 e. The van der Waals surface area contributed by atoms with Crippen LogP contribution >= 0.6 is 0 Å². The third kappa shape index (κ3) is 4.35. The van der Waals surface area contributed by atoms with Crippen LogP contribution in [0.2, 0.25) is 0 Å². The average molecular weight is 368 g/mol. The van der Waals surface area contributed by atoms with Crippen molar-refractivity contribution < 1.29 is 19.1 Å². The van der Waals surface area contributed by atoms with Crippen molar-refractivity contribution in [2.45, 2.75) is 13.0 Å². The first-order valence-corrected chi connectivity index (χ1v) is 8.45. The van der Waals surface area contributed by atoms with Gasteiger partial charge in [-0.2, -0.15) is 0 Å². The van der Waals surface area contributed by atoms with Crippen LogP contribution in [0, 0.1) is 0 Å². The van der Waals surface area contributed by atoms with Crippen LogP contribution in [-0.2, 0) is 9.53 Å². The number of rotatable bonds is 6. The Morgan fingerprint density at radius 2 is 1.89 bits per heavy atom. The van der Waals surface area contributed by atoms with Gasteiger partial charge in [-0.25, -0.2) is 4.79 Å². The number of benzene rings is 2. The lowest BCUT2D eigenvalue weighted by Gasteiger charge is -2.18. The molecule has 2 aromatic carbocycles. The highest BCUT2D eigenvalue weighted by Gasteiger charge is 2.23. The number of nitrogens with zero attached hydrogens (tertiary/aromatic N) is 1. The number of amides is 3. The summed E-state index contributed by atoms with van der Waals surface area (Å²) in [6.45, 7) is 2.59. The highest BCUT2D eigenvalue weighted by molar-refractivity contribution is 5.97. The average Bonchev–Trinajstić information content (AvgIpc) is 3.08. The summed E-state index contributed by atoms with van der Waals surface area (Å²) in [7, 11) is 0. The zero-order chi connectivity index (χ0) is 19.4. The second kappa shape index (κ2) is 7.77. The van der Waals surface area contributed by atoms with Crippen molar-refractivity contribution in [3.05, 3.63) is 54.1 Å². The molecular formula is C19H20N4O4. The van der Waals surface area contributed by atoms with Gasteiger partial charge in [0.1, 0.15) is 12.6 Å². The van der Waals surface area contributed by atoms with Gasteiger partial charge in [-0.15, -0.1) is 0 Å². The Labute approximate surface area is 156 Å². The van der Waals surface area contributed by atoms with Gasteiger partial charge >= 0.3 is 6.09 Å². The summed E-state index contributed by atoms with van der Waals surface area (Å²) in [5, 5.41) is 5.87. The Morgan fingerprint density at radius 1 is 1.15 bits per heavy atom. The van der Waals surface area contributed by atoms with E-state index >= 15 is 0 Å². The van der Waals surface area contributed by atoms with Crippen LogP contribution in [0.25, 0.3) is 0 Å². The van der Waals surface area contributed by atoms with E-state index < -0.39 is 11.9 Å². The first kappa shape index (κ1) is 18.2. The van der Waals surface area contributed by atoms with Crippen LogP contribution in [0.15, 0.2) is 48.5 Å². The topological polar surface area (TPSA) is 114 Å². The van der Waals surface area contributed by atoms with E-state index in [-0.39, 0.29) is 12.0 Å². The van der Waals surface area contributed by atoms with E-state index in [1.54, 1.807) is 43.3 Å². The van der Waals surface area contributed by atoms with E-state index in [2.05, 4.69) is 10.6 Å². The molecule has 3 amide bonds. The summed E-state index contributed by atoms with van der Waals surface area (Å²) in [6.07, 6.45) is -0.377. The zero-order valence-electron chi connectivity index (χ0n) is 14.8. The summed E-state index contributed by atoms with van der Waals surface area (Å²) < 4.78 is 4.94. The van der Waals surface area contributed by atoms with Crippen molar-refractivity contribution in [2.24, 2.45) is 5.73 Å². The highest BCUT2D eigenvalue weighted by Crippen LogP contribution is 2.23. The van der Waals surface area contributed by atoms with Gasteiger partial charge in [0.25, 0.3) is 0 Å². The number of ether oxygens (including phenoxy) is 1. The Morgan fingerprint density at radius 3 is 2.52 bits per heavy atom. The summed E-state index contributed by atoms with van der Waals surface area (Å²) >= 11 is 0. The number of hydrogen-bond donors (Lipinski definition) is 3. The molecule has 0 bridgehead atoms. The predicted octanol–water partition coefficient (Wildman–Crippen LogP) is 2.18.